The Bertz CT molecular complexity index is 1040. The number of hydrogen-bond acceptors (Lipinski definition) is 4. The third kappa shape index (κ3) is 3.38. The maximum atomic E-state index is 14.4. The number of Topliss-reactive ketones (excluding diaryl/α,β-unsaturated/α-hetero) is 1. The molecular weight excluding hydrogens is 353 g/mol. The first-order valence-corrected chi connectivity index (χ1v) is 9.59. The van der Waals surface area contributed by atoms with E-state index in [1.807, 2.05) is 31.2 Å². The predicted molar refractivity (Wildman–Crippen MR) is 111 cm³/mol. The Morgan fingerprint density at radius 2 is 2.07 bits per heavy atom. The van der Waals surface area contributed by atoms with Gasteiger partial charge in [-0.05, 0) is 55.0 Å². The number of likely N-dealkylation sites (tertiary alicyclic amines) is 1. The Morgan fingerprint density at radius 1 is 1.29 bits per heavy atom. The van der Waals surface area contributed by atoms with Crippen molar-refractivity contribution in [1.82, 2.24) is 9.88 Å². The summed E-state index contributed by atoms with van der Waals surface area (Å²) in [5.74, 6) is 0.608. The number of benzene rings is 2. The van der Waals surface area contributed by atoms with Crippen LogP contribution in [0.3, 0.4) is 0 Å². The standard InChI is InChI=1S/C23H24FN3O/c1-14-4-3-5-19(24)21(14)16-7-8-18-17(10-16)11-26-23(25)22(18)20(28)9-6-15-12-27(2)13-15/h3-5,7-8,10-11,15H,6,9,12-13H2,1-2H3,(H2,25,26). The van der Waals surface area contributed by atoms with Crippen LogP contribution in [0.15, 0.2) is 42.6 Å². The van der Waals surface area contributed by atoms with E-state index < -0.39 is 0 Å². The first kappa shape index (κ1) is 18.6. The van der Waals surface area contributed by atoms with E-state index in [-0.39, 0.29) is 17.4 Å². The number of anilines is 1. The second kappa shape index (κ2) is 7.32. The number of nitrogens with two attached hydrogens (primary N) is 1. The maximum Gasteiger partial charge on any atom is 0.167 e. The number of nitrogen functional groups attached to an aromatic ring is 1. The Morgan fingerprint density at radius 3 is 2.79 bits per heavy atom. The molecule has 28 heavy (non-hydrogen) atoms. The normalized spacial score (nSPS) is 15.0. The van der Waals surface area contributed by atoms with Gasteiger partial charge in [0.25, 0.3) is 0 Å². The Labute approximate surface area is 164 Å². The minimum absolute atomic E-state index is 0.0278. The average Bonchev–Trinajstić information content (AvgIpc) is 2.64. The summed E-state index contributed by atoms with van der Waals surface area (Å²) in [5, 5.41) is 1.57. The number of aromatic nitrogens is 1. The molecule has 4 nitrogen and oxygen atoms in total. The summed E-state index contributed by atoms with van der Waals surface area (Å²) in [6.45, 7) is 3.97. The zero-order chi connectivity index (χ0) is 19.8. The molecule has 2 heterocycles. The molecule has 1 aliphatic rings. The topological polar surface area (TPSA) is 59.2 Å². The molecule has 0 spiro atoms. The lowest BCUT2D eigenvalue weighted by Crippen LogP contribution is -2.43. The van der Waals surface area contributed by atoms with Crippen LogP contribution in [0.5, 0.6) is 0 Å². The SMILES string of the molecule is Cc1cccc(F)c1-c1ccc2c(C(=O)CCC3CN(C)C3)c(N)ncc2c1. The van der Waals surface area contributed by atoms with Gasteiger partial charge < -0.3 is 10.6 Å². The minimum Gasteiger partial charge on any atom is -0.383 e. The van der Waals surface area contributed by atoms with E-state index in [0.29, 0.717) is 23.5 Å². The second-order valence-corrected chi connectivity index (χ2v) is 7.80. The predicted octanol–water partition coefficient (Wildman–Crippen LogP) is 4.46. The first-order valence-electron chi connectivity index (χ1n) is 9.59. The Balaban J connectivity index is 1.68. The molecule has 2 N–H and O–H groups in total. The monoisotopic (exact) mass is 377 g/mol. The van der Waals surface area contributed by atoms with Crippen LogP contribution < -0.4 is 5.73 Å². The van der Waals surface area contributed by atoms with Crippen molar-refractivity contribution in [2.45, 2.75) is 19.8 Å². The van der Waals surface area contributed by atoms with E-state index in [9.17, 15) is 9.18 Å². The molecule has 3 aromatic rings. The van der Waals surface area contributed by atoms with Crippen molar-refractivity contribution < 1.29 is 9.18 Å². The summed E-state index contributed by atoms with van der Waals surface area (Å²) < 4.78 is 14.4. The van der Waals surface area contributed by atoms with E-state index in [2.05, 4.69) is 16.9 Å². The number of fused-ring (bicyclic) bond motifs is 1. The van der Waals surface area contributed by atoms with E-state index >= 15 is 0 Å². The molecule has 0 aliphatic carbocycles. The fraction of sp³-hybridized carbons (Fsp3) is 0.304. The molecule has 4 rings (SSSR count). The minimum atomic E-state index is -0.260. The fourth-order valence-corrected chi connectivity index (χ4v) is 4.16. The molecule has 1 aromatic heterocycles. The van der Waals surface area contributed by atoms with Gasteiger partial charge in [0.15, 0.2) is 5.78 Å². The number of carbonyl (C=O) groups excluding carboxylic acids is 1. The summed E-state index contributed by atoms with van der Waals surface area (Å²) in [5.41, 5.74) is 8.75. The van der Waals surface area contributed by atoms with Crippen LogP contribution in [-0.4, -0.2) is 35.8 Å². The average molecular weight is 377 g/mol. The van der Waals surface area contributed by atoms with Crippen molar-refractivity contribution in [3.05, 3.63) is 59.5 Å². The molecule has 5 heteroatoms. The molecule has 144 valence electrons. The Kier molecular flexibility index (Phi) is 4.85. The first-order chi connectivity index (χ1) is 13.4. The van der Waals surface area contributed by atoms with Gasteiger partial charge in [-0.25, -0.2) is 9.37 Å². The van der Waals surface area contributed by atoms with Crippen molar-refractivity contribution >= 4 is 22.4 Å². The number of halogens is 1. The second-order valence-electron chi connectivity index (χ2n) is 7.80. The third-order valence-corrected chi connectivity index (χ3v) is 5.63. The van der Waals surface area contributed by atoms with Gasteiger partial charge in [0, 0.05) is 36.7 Å². The zero-order valence-corrected chi connectivity index (χ0v) is 16.2. The quantitative estimate of drug-likeness (QED) is 0.667. The number of nitrogens with zero attached hydrogens (tertiary/aromatic N) is 2. The lowest BCUT2D eigenvalue weighted by molar-refractivity contribution is 0.0918. The van der Waals surface area contributed by atoms with Crippen molar-refractivity contribution in [3.8, 4) is 11.1 Å². The number of ketones is 1. The fourth-order valence-electron chi connectivity index (χ4n) is 4.16. The molecule has 1 fully saturated rings. The highest BCUT2D eigenvalue weighted by atomic mass is 19.1. The van der Waals surface area contributed by atoms with E-state index in [4.69, 9.17) is 5.73 Å². The molecular formula is C23H24FN3O. The van der Waals surface area contributed by atoms with Crippen molar-refractivity contribution in [1.29, 1.82) is 0 Å². The summed E-state index contributed by atoms with van der Waals surface area (Å²) in [7, 11) is 2.08. The van der Waals surface area contributed by atoms with Gasteiger partial charge in [0.2, 0.25) is 0 Å². The van der Waals surface area contributed by atoms with E-state index in [1.165, 1.54) is 6.07 Å². The molecule has 0 atom stereocenters. The van der Waals surface area contributed by atoms with Crippen LogP contribution in [0.25, 0.3) is 21.9 Å². The van der Waals surface area contributed by atoms with Gasteiger partial charge in [-0.3, -0.25) is 4.79 Å². The largest absolute Gasteiger partial charge is 0.383 e. The lowest BCUT2D eigenvalue weighted by Gasteiger charge is -2.36. The van der Waals surface area contributed by atoms with Crippen LogP contribution in [0.4, 0.5) is 10.2 Å². The highest BCUT2D eigenvalue weighted by molar-refractivity contribution is 6.11. The van der Waals surface area contributed by atoms with Crippen molar-refractivity contribution in [2.24, 2.45) is 5.92 Å². The van der Waals surface area contributed by atoms with Crippen LogP contribution >= 0.6 is 0 Å². The van der Waals surface area contributed by atoms with E-state index in [1.54, 1.807) is 12.3 Å². The van der Waals surface area contributed by atoms with E-state index in [0.717, 1.165) is 41.4 Å². The number of hydrogen-bond donors (Lipinski definition) is 1. The molecule has 1 saturated heterocycles. The molecule has 0 unspecified atom stereocenters. The summed E-state index contributed by atoms with van der Waals surface area (Å²) in [4.78, 5) is 19.4. The summed E-state index contributed by atoms with van der Waals surface area (Å²) >= 11 is 0. The van der Waals surface area contributed by atoms with Crippen molar-refractivity contribution in [3.63, 3.8) is 0 Å². The maximum absolute atomic E-state index is 14.4. The number of aryl methyl sites for hydroxylation is 1. The van der Waals surface area contributed by atoms with Gasteiger partial charge in [-0.1, -0.05) is 24.3 Å². The number of pyridine rings is 1. The summed E-state index contributed by atoms with van der Waals surface area (Å²) in [6.07, 6.45) is 2.99. The number of rotatable bonds is 5. The number of carbonyl (C=O) groups is 1. The molecule has 2 aromatic carbocycles. The van der Waals surface area contributed by atoms with Crippen LogP contribution in [0, 0.1) is 18.7 Å². The van der Waals surface area contributed by atoms with Gasteiger partial charge in [-0.2, -0.15) is 0 Å². The van der Waals surface area contributed by atoms with Gasteiger partial charge >= 0.3 is 0 Å². The highest BCUT2D eigenvalue weighted by Gasteiger charge is 2.25. The molecule has 1 aliphatic heterocycles. The molecule has 0 saturated carbocycles. The Hall–Kier alpha value is -2.79. The van der Waals surface area contributed by atoms with Gasteiger partial charge in [0.1, 0.15) is 11.6 Å². The molecule has 0 amide bonds. The zero-order valence-electron chi connectivity index (χ0n) is 16.2. The van der Waals surface area contributed by atoms with Gasteiger partial charge in [0.05, 0.1) is 5.56 Å². The molecule has 0 bridgehead atoms. The highest BCUT2D eigenvalue weighted by Crippen LogP contribution is 2.32. The van der Waals surface area contributed by atoms with Gasteiger partial charge in [-0.15, -0.1) is 0 Å². The summed E-state index contributed by atoms with van der Waals surface area (Å²) in [6, 6.07) is 10.6. The molecule has 0 radical (unpaired) electrons. The van der Waals surface area contributed by atoms with Crippen LogP contribution in [-0.2, 0) is 0 Å². The van der Waals surface area contributed by atoms with Crippen LogP contribution in [0.2, 0.25) is 0 Å². The van der Waals surface area contributed by atoms with Crippen molar-refractivity contribution in [2.75, 3.05) is 25.9 Å². The third-order valence-electron chi connectivity index (χ3n) is 5.63. The lowest BCUT2D eigenvalue weighted by atomic mass is 9.91. The smallest absolute Gasteiger partial charge is 0.167 e. The van der Waals surface area contributed by atoms with Crippen LogP contribution in [0.1, 0.15) is 28.8 Å².